The first-order chi connectivity index (χ1) is 16.3. The largest absolute Gasteiger partial charge is 0.420 e. The van der Waals surface area contributed by atoms with E-state index >= 15 is 0 Å². The topological polar surface area (TPSA) is 96.6 Å². The Bertz CT molecular complexity index is 1240. The van der Waals surface area contributed by atoms with Crippen LogP contribution in [0.3, 0.4) is 0 Å². The number of sulfonamides is 1. The molecule has 1 atom stereocenters. The lowest BCUT2D eigenvalue weighted by Crippen LogP contribution is -2.39. The number of aromatic nitrogens is 2. The first-order valence-electron chi connectivity index (χ1n) is 11.3. The molecule has 0 bridgehead atoms. The zero-order chi connectivity index (χ0) is 24.3. The second-order valence-corrected chi connectivity index (χ2v) is 10.1. The normalized spacial score (nSPS) is 16.7. The summed E-state index contributed by atoms with van der Waals surface area (Å²) in [5.41, 5.74) is 1.06. The fourth-order valence-electron chi connectivity index (χ4n) is 4.14. The average molecular weight is 487 g/mol. The maximum absolute atomic E-state index is 13.2. The van der Waals surface area contributed by atoms with Crippen LogP contribution in [0.15, 0.2) is 57.8 Å². The number of hydrogen-bond acceptors (Lipinski definition) is 6. The molecule has 4 rings (SSSR count). The number of likely N-dealkylation sites (tertiary alicyclic amines) is 1. The van der Waals surface area contributed by atoms with Gasteiger partial charge in [-0.05, 0) is 61.4 Å². The van der Waals surface area contributed by atoms with E-state index in [1.54, 1.807) is 43.0 Å². The lowest BCUT2D eigenvalue weighted by atomic mass is 9.97. The van der Waals surface area contributed by atoms with E-state index in [9.17, 15) is 17.6 Å². The first-order valence-corrected chi connectivity index (χ1v) is 12.8. The number of piperidine rings is 1. The van der Waals surface area contributed by atoms with Gasteiger partial charge in [0.15, 0.2) is 0 Å². The number of benzene rings is 2. The minimum absolute atomic E-state index is 0.110. The van der Waals surface area contributed by atoms with Crippen molar-refractivity contribution in [1.82, 2.24) is 19.4 Å². The highest BCUT2D eigenvalue weighted by Crippen LogP contribution is 2.29. The number of nitrogens with zero attached hydrogens (tertiary/aromatic N) is 4. The molecule has 1 fully saturated rings. The van der Waals surface area contributed by atoms with E-state index in [4.69, 9.17) is 4.42 Å². The summed E-state index contributed by atoms with van der Waals surface area (Å²) in [7, 11) is -3.58. The van der Waals surface area contributed by atoms with Gasteiger partial charge in [0.25, 0.3) is 5.91 Å². The molecule has 1 saturated heterocycles. The SMILES string of the molecule is CCN(CC)S(=O)(=O)c1ccc(C(=O)N2CCCC(c3nnc(-c4ccc(F)cc4)o3)C2)cc1. The van der Waals surface area contributed by atoms with E-state index in [2.05, 4.69) is 10.2 Å². The molecule has 1 amide bonds. The van der Waals surface area contributed by atoms with Gasteiger partial charge in [-0.15, -0.1) is 10.2 Å². The minimum Gasteiger partial charge on any atom is -0.420 e. The Balaban J connectivity index is 1.46. The van der Waals surface area contributed by atoms with Crippen molar-refractivity contribution in [3.05, 3.63) is 65.8 Å². The van der Waals surface area contributed by atoms with Gasteiger partial charge in [-0.25, -0.2) is 12.8 Å². The van der Waals surface area contributed by atoms with Crippen molar-refractivity contribution in [3.8, 4) is 11.5 Å². The summed E-state index contributed by atoms with van der Waals surface area (Å²) in [6, 6.07) is 11.9. The van der Waals surface area contributed by atoms with Crippen molar-refractivity contribution in [2.75, 3.05) is 26.2 Å². The predicted octanol–water partition coefficient (Wildman–Crippen LogP) is 3.93. The Labute approximate surface area is 198 Å². The number of carbonyl (C=O) groups excluding carboxylic acids is 1. The van der Waals surface area contributed by atoms with Gasteiger partial charge in [0.05, 0.1) is 10.8 Å². The van der Waals surface area contributed by atoms with E-state index in [-0.39, 0.29) is 22.5 Å². The lowest BCUT2D eigenvalue weighted by Gasteiger charge is -2.31. The maximum atomic E-state index is 13.2. The van der Waals surface area contributed by atoms with Crippen LogP contribution in [-0.4, -0.2) is 59.9 Å². The molecule has 0 saturated carbocycles. The number of hydrogen-bond donors (Lipinski definition) is 0. The van der Waals surface area contributed by atoms with E-state index in [0.717, 1.165) is 12.8 Å². The summed E-state index contributed by atoms with van der Waals surface area (Å²) in [6.07, 6.45) is 1.58. The van der Waals surface area contributed by atoms with Crippen LogP contribution in [0.5, 0.6) is 0 Å². The summed E-state index contributed by atoms with van der Waals surface area (Å²) in [5, 5.41) is 8.23. The number of rotatable bonds is 7. The van der Waals surface area contributed by atoms with Gasteiger partial charge in [-0.3, -0.25) is 4.79 Å². The van der Waals surface area contributed by atoms with Crippen molar-refractivity contribution < 1.29 is 22.0 Å². The van der Waals surface area contributed by atoms with Crippen molar-refractivity contribution in [2.24, 2.45) is 0 Å². The molecule has 0 radical (unpaired) electrons. The third-order valence-corrected chi connectivity index (χ3v) is 8.10. The summed E-state index contributed by atoms with van der Waals surface area (Å²) < 4.78 is 45.7. The Morgan fingerprint density at radius 1 is 1.09 bits per heavy atom. The molecule has 2 heterocycles. The fraction of sp³-hybridized carbons (Fsp3) is 0.375. The maximum Gasteiger partial charge on any atom is 0.253 e. The van der Waals surface area contributed by atoms with E-state index < -0.39 is 10.0 Å². The monoisotopic (exact) mass is 486 g/mol. The van der Waals surface area contributed by atoms with Crippen LogP contribution in [0.25, 0.3) is 11.5 Å². The van der Waals surface area contributed by atoms with Crippen molar-refractivity contribution in [3.63, 3.8) is 0 Å². The Kier molecular flexibility index (Phi) is 7.08. The molecule has 0 spiro atoms. The molecule has 0 aliphatic carbocycles. The third kappa shape index (κ3) is 4.88. The quantitative estimate of drug-likeness (QED) is 0.502. The molecular weight excluding hydrogens is 459 g/mol. The van der Waals surface area contributed by atoms with Crippen LogP contribution in [0.1, 0.15) is 48.9 Å². The van der Waals surface area contributed by atoms with E-state index in [0.29, 0.717) is 49.1 Å². The summed E-state index contributed by atoms with van der Waals surface area (Å²) >= 11 is 0. The third-order valence-electron chi connectivity index (χ3n) is 6.03. The van der Waals surface area contributed by atoms with Crippen molar-refractivity contribution >= 4 is 15.9 Å². The summed E-state index contributed by atoms with van der Waals surface area (Å²) in [6.45, 7) is 5.35. The number of amides is 1. The molecule has 2 aromatic carbocycles. The van der Waals surface area contributed by atoms with Crippen molar-refractivity contribution in [2.45, 2.75) is 37.5 Å². The Morgan fingerprint density at radius 3 is 2.41 bits per heavy atom. The Hall–Kier alpha value is -3.11. The fourth-order valence-corrected chi connectivity index (χ4v) is 5.59. The second kappa shape index (κ2) is 10.0. The molecule has 0 N–H and O–H groups in total. The van der Waals surface area contributed by atoms with Crippen LogP contribution in [0.2, 0.25) is 0 Å². The van der Waals surface area contributed by atoms with Crippen LogP contribution >= 0.6 is 0 Å². The average Bonchev–Trinajstić information content (AvgIpc) is 3.35. The summed E-state index contributed by atoms with van der Waals surface area (Å²) in [4.78, 5) is 15.0. The molecule has 10 heteroatoms. The molecule has 1 unspecified atom stereocenters. The van der Waals surface area contributed by atoms with Gasteiger partial charge in [-0.1, -0.05) is 13.8 Å². The number of halogens is 1. The van der Waals surface area contributed by atoms with Gasteiger partial charge in [0.2, 0.25) is 21.8 Å². The zero-order valence-corrected chi connectivity index (χ0v) is 20.0. The van der Waals surface area contributed by atoms with Crippen LogP contribution in [0, 0.1) is 5.82 Å². The van der Waals surface area contributed by atoms with Crippen LogP contribution < -0.4 is 0 Å². The molecule has 1 aromatic heterocycles. The standard InChI is InChI=1S/C24H27FN4O4S/c1-3-29(4-2)34(31,32)21-13-9-18(10-14-21)24(30)28-15-5-6-19(16-28)23-27-26-22(33-23)17-7-11-20(25)12-8-17/h7-14,19H,3-6,15-16H2,1-2H3. The van der Waals surface area contributed by atoms with Gasteiger partial charge in [0, 0.05) is 37.3 Å². The molecule has 8 nitrogen and oxygen atoms in total. The molecule has 1 aliphatic heterocycles. The highest BCUT2D eigenvalue weighted by molar-refractivity contribution is 7.89. The van der Waals surface area contributed by atoms with Crippen molar-refractivity contribution in [1.29, 1.82) is 0 Å². The van der Waals surface area contributed by atoms with Crippen LogP contribution in [0.4, 0.5) is 4.39 Å². The van der Waals surface area contributed by atoms with E-state index in [1.807, 2.05) is 0 Å². The molecular formula is C24H27FN4O4S. The van der Waals surface area contributed by atoms with Gasteiger partial charge >= 0.3 is 0 Å². The van der Waals surface area contributed by atoms with Gasteiger partial charge < -0.3 is 9.32 Å². The molecule has 180 valence electrons. The molecule has 34 heavy (non-hydrogen) atoms. The van der Waals surface area contributed by atoms with Gasteiger partial charge in [-0.2, -0.15) is 4.31 Å². The lowest BCUT2D eigenvalue weighted by molar-refractivity contribution is 0.0698. The summed E-state index contributed by atoms with van der Waals surface area (Å²) in [5.74, 6) is 0.126. The highest BCUT2D eigenvalue weighted by atomic mass is 32.2. The molecule has 3 aromatic rings. The smallest absolute Gasteiger partial charge is 0.253 e. The minimum atomic E-state index is -3.58. The second-order valence-electron chi connectivity index (χ2n) is 8.16. The van der Waals surface area contributed by atoms with Crippen LogP contribution in [-0.2, 0) is 10.0 Å². The predicted molar refractivity (Wildman–Crippen MR) is 124 cm³/mol. The number of carbonyl (C=O) groups is 1. The highest BCUT2D eigenvalue weighted by Gasteiger charge is 2.29. The van der Waals surface area contributed by atoms with E-state index in [1.165, 1.54) is 28.6 Å². The van der Waals surface area contributed by atoms with Gasteiger partial charge in [0.1, 0.15) is 5.82 Å². The first kappa shape index (κ1) is 24.0. The molecule has 1 aliphatic rings. The zero-order valence-electron chi connectivity index (χ0n) is 19.1. The Morgan fingerprint density at radius 2 is 1.76 bits per heavy atom.